The summed E-state index contributed by atoms with van der Waals surface area (Å²) in [6, 6.07) is 0. The van der Waals surface area contributed by atoms with Gasteiger partial charge in [0.25, 0.3) is 0 Å². The first kappa shape index (κ1) is 12.0. The number of aromatic nitrogens is 3. The molecular weight excluding hydrogens is 216 g/mol. The van der Waals surface area contributed by atoms with Crippen LogP contribution in [-0.4, -0.2) is 25.4 Å². The van der Waals surface area contributed by atoms with E-state index in [1.54, 1.807) is 0 Å². The smallest absolute Gasteiger partial charge is 0.390 e. The molecule has 1 rings (SSSR count). The average molecular weight is 230 g/mol. The van der Waals surface area contributed by atoms with Crippen LogP contribution < -0.4 is 0 Å². The molecule has 1 aromatic heterocycles. The largest absolute Gasteiger partial charge is 0.490 e. The maximum Gasteiger partial charge on any atom is 0.490 e. The summed E-state index contributed by atoms with van der Waals surface area (Å²) in [5.74, 6) is 0.583. The molecule has 0 unspecified atom stereocenters. The Balaban J connectivity index is 2.23. The van der Waals surface area contributed by atoms with Gasteiger partial charge in [-0.2, -0.15) is 17.3 Å². The molecule has 15 heavy (non-hydrogen) atoms. The molecule has 7 heteroatoms. The zero-order chi connectivity index (χ0) is 11.1. The summed E-state index contributed by atoms with van der Waals surface area (Å²) in [5.41, 5.74) is 0. The summed E-state index contributed by atoms with van der Waals surface area (Å²) in [5, 5.41) is 14.0. The van der Waals surface area contributed by atoms with Crippen molar-refractivity contribution in [2.75, 3.05) is 5.75 Å². The van der Waals surface area contributed by atoms with Gasteiger partial charge in [0.05, 0.1) is 6.54 Å². The molecule has 0 saturated heterocycles. The summed E-state index contributed by atoms with van der Waals surface area (Å²) in [6.07, 6.45) is 5.71. The van der Waals surface area contributed by atoms with Crippen molar-refractivity contribution < 1.29 is 4.92 Å². The maximum atomic E-state index is 10.3. The number of nitrogens with zero attached hydrogens (tertiary/aromatic N) is 4. The SMILES string of the molecule is O=[N+]([O-])c1ncn(CCCCCCS)n1. The molecule has 0 radical (unpaired) electrons. The lowest BCUT2D eigenvalue weighted by atomic mass is 10.2. The summed E-state index contributed by atoms with van der Waals surface area (Å²) in [6.45, 7) is 0.688. The van der Waals surface area contributed by atoms with E-state index in [2.05, 4.69) is 22.7 Å². The molecule has 0 N–H and O–H groups in total. The van der Waals surface area contributed by atoms with Crippen molar-refractivity contribution in [3.05, 3.63) is 16.4 Å². The Morgan fingerprint density at radius 3 is 2.73 bits per heavy atom. The van der Waals surface area contributed by atoms with E-state index in [9.17, 15) is 10.1 Å². The molecule has 0 amide bonds. The Labute approximate surface area is 93.3 Å². The molecule has 84 valence electrons. The molecule has 0 saturated carbocycles. The highest BCUT2D eigenvalue weighted by atomic mass is 32.1. The van der Waals surface area contributed by atoms with E-state index in [1.165, 1.54) is 11.0 Å². The van der Waals surface area contributed by atoms with Gasteiger partial charge in [-0.25, -0.2) is 0 Å². The van der Waals surface area contributed by atoms with Gasteiger partial charge in [0, 0.05) is 5.10 Å². The minimum absolute atomic E-state index is 0.328. The van der Waals surface area contributed by atoms with Gasteiger partial charge in [0.15, 0.2) is 0 Å². The molecule has 0 aliphatic heterocycles. The molecule has 1 heterocycles. The second-order valence-electron chi connectivity index (χ2n) is 3.20. The van der Waals surface area contributed by atoms with Gasteiger partial charge in [-0.15, -0.1) is 0 Å². The first-order valence-corrected chi connectivity index (χ1v) is 5.52. The van der Waals surface area contributed by atoms with Crippen LogP contribution in [0, 0.1) is 10.1 Å². The van der Waals surface area contributed by atoms with Crippen LogP contribution in [0.5, 0.6) is 0 Å². The van der Waals surface area contributed by atoms with Crippen molar-refractivity contribution in [1.29, 1.82) is 0 Å². The van der Waals surface area contributed by atoms with E-state index in [4.69, 9.17) is 0 Å². The second kappa shape index (κ2) is 6.39. The van der Waals surface area contributed by atoms with Gasteiger partial charge in [-0.1, -0.05) is 17.8 Å². The van der Waals surface area contributed by atoms with Gasteiger partial charge in [-0.05, 0) is 23.5 Å². The number of rotatable bonds is 7. The lowest BCUT2D eigenvalue weighted by Crippen LogP contribution is -1.99. The molecule has 0 aliphatic carbocycles. The van der Waals surface area contributed by atoms with E-state index < -0.39 is 4.92 Å². The summed E-state index contributed by atoms with van der Waals surface area (Å²) >= 11 is 4.12. The van der Waals surface area contributed by atoms with Crippen LogP contribution in [0.1, 0.15) is 25.7 Å². The van der Waals surface area contributed by atoms with E-state index in [-0.39, 0.29) is 5.95 Å². The van der Waals surface area contributed by atoms with Crippen LogP contribution in [0.2, 0.25) is 0 Å². The van der Waals surface area contributed by atoms with E-state index in [1.807, 2.05) is 0 Å². The first-order valence-electron chi connectivity index (χ1n) is 4.88. The van der Waals surface area contributed by atoms with Crippen LogP contribution in [0.4, 0.5) is 5.95 Å². The third-order valence-electron chi connectivity index (χ3n) is 1.98. The molecule has 0 bridgehead atoms. The molecule has 0 aliphatic rings. The zero-order valence-corrected chi connectivity index (χ0v) is 9.27. The van der Waals surface area contributed by atoms with Crippen molar-refractivity contribution in [2.45, 2.75) is 32.2 Å². The minimum atomic E-state index is -0.586. The van der Waals surface area contributed by atoms with E-state index in [0.717, 1.165) is 31.4 Å². The Hall–Kier alpha value is -1.11. The van der Waals surface area contributed by atoms with Crippen molar-refractivity contribution in [3.8, 4) is 0 Å². The third kappa shape index (κ3) is 4.28. The Kier molecular flexibility index (Phi) is 5.09. The minimum Gasteiger partial charge on any atom is -0.390 e. The highest BCUT2D eigenvalue weighted by molar-refractivity contribution is 7.80. The maximum absolute atomic E-state index is 10.3. The van der Waals surface area contributed by atoms with Gasteiger partial charge < -0.3 is 10.1 Å². The standard InChI is InChI=1S/C8H14N4O2S/c13-12(14)8-9-7-11(10-8)5-3-1-2-4-6-15/h7,15H,1-6H2. The molecular formula is C8H14N4O2S. The Bertz CT molecular complexity index is 315. The number of nitro groups is 1. The van der Waals surface area contributed by atoms with Gasteiger partial charge in [0.2, 0.25) is 6.33 Å². The Morgan fingerprint density at radius 2 is 2.13 bits per heavy atom. The van der Waals surface area contributed by atoms with Gasteiger partial charge in [0.1, 0.15) is 0 Å². The lowest BCUT2D eigenvalue weighted by molar-refractivity contribution is -0.394. The van der Waals surface area contributed by atoms with Crippen LogP contribution >= 0.6 is 12.6 Å². The Morgan fingerprint density at radius 1 is 1.40 bits per heavy atom. The molecule has 0 fully saturated rings. The van der Waals surface area contributed by atoms with Crippen molar-refractivity contribution in [2.24, 2.45) is 0 Å². The fourth-order valence-corrected chi connectivity index (χ4v) is 1.44. The fourth-order valence-electron chi connectivity index (χ4n) is 1.22. The lowest BCUT2D eigenvalue weighted by Gasteiger charge is -1.97. The van der Waals surface area contributed by atoms with Crippen molar-refractivity contribution in [3.63, 3.8) is 0 Å². The number of hydrogen-bond acceptors (Lipinski definition) is 5. The number of unbranched alkanes of at least 4 members (excludes halogenated alkanes) is 3. The average Bonchev–Trinajstić information content (AvgIpc) is 2.66. The highest BCUT2D eigenvalue weighted by Gasteiger charge is 2.11. The summed E-state index contributed by atoms with van der Waals surface area (Å²) < 4.78 is 1.51. The topological polar surface area (TPSA) is 73.8 Å². The fraction of sp³-hybridized carbons (Fsp3) is 0.750. The van der Waals surface area contributed by atoms with Gasteiger partial charge in [-0.3, -0.25) is 0 Å². The van der Waals surface area contributed by atoms with Crippen LogP contribution in [0.25, 0.3) is 0 Å². The first-order chi connectivity index (χ1) is 7.24. The van der Waals surface area contributed by atoms with E-state index >= 15 is 0 Å². The summed E-state index contributed by atoms with van der Waals surface area (Å²) in [7, 11) is 0. The van der Waals surface area contributed by atoms with E-state index in [0.29, 0.717) is 6.54 Å². The van der Waals surface area contributed by atoms with Crippen LogP contribution in [-0.2, 0) is 6.54 Å². The predicted octanol–water partition coefficient (Wildman–Crippen LogP) is 1.68. The van der Waals surface area contributed by atoms with Crippen molar-refractivity contribution >= 4 is 18.6 Å². The second-order valence-corrected chi connectivity index (χ2v) is 3.65. The number of aryl methyl sites for hydroxylation is 1. The third-order valence-corrected chi connectivity index (χ3v) is 2.30. The normalized spacial score (nSPS) is 10.5. The molecule has 0 spiro atoms. The quantitative estimate of drug-likeness (QED) is 0.335. The number of thiol groups is 1. The zero-order valence-electron chi connectivity index (χ0n) is 8.37. The predicted molar refractivity (Wildman–Crippen MR) is 59.0 cm³/mol. The monoisotopic (exact) mass is 230 g/mol. The molecule has 0 aromatic carbocycles. The van der Waals surface area contributed by atoms with Crippen LogP contribution in [0.15, 0.2) is 6.33 Å². The van der Waals surface area contributed by atoms with Gasteiger partial charge >= 0.3 is 5.95 Å². The number of hydrogen-bond donors (Lipinski definition) is 1. The summed E-state index contributed by atoms with van der Waals surface area (Å²) in [4.78, 5) is 13.3. The molecule has 0 atom stereocenters. The molecule has 1 aromatic rings. The van der Waals surface area contributed by atoms with Crippen molar-refractivity contribution in [1.82, 2.24) is 14.8 Å². The highest BCUT2D eigenvalue weighted by Crippen LogP contribution is 2.04. The molecule has 6 nitrogen and oxygen atoms in total. The van der Waals surface area contributed by atoms with Crippen LogP contribution in [0.3, 0.4) is 0 Å².